The van der Waals surface area contributed by atoms with Gasteiger partial charge in [-0.1, -0.05) is 63.3 Å². The second kappa shape index (κ2) is 11.6. The average Bonchev–Trinajstić information content (AvgIpc) is 3.04. The second-order valence-electron chi connectivity index (χ2n) is 6.64. The van der Waals surface area contributed by atoms with Gasteiger partial charge in [-0.15, -0.1) is 12.4 Å². The largest absolute Gasteiger partial charge is 0.314 e. The van der Waals surface area contributed by atoms with Crippen molar-refractivity contribution in [2.45, 2.75) is 77.2 Å². The van der Waals surface area contributed by atoms with E-state index in [1.807, 2.05) is 12.1 Å². The highest BCUT2D eigenvalue weighted by Gasteiger charge is 2.18. The summed E-state index contributed by atoms with van der Waals surface area (Å²) < 4.78 is 0. The molecule has 1 atom stereocenters. The quantitative estimate of drug-likeness (QED) is 0.461. The summed E-state index contributed by atoms with van der Waals surface area (Å²) in [7, 11) is 0. The van der Waals surface area contributed by atoms with Crippen LogP contribution in [0.1, 0.15) is 80.6 Å². The summed E-state index contributed by atoms with van der Waals surface area (Å²) in [6.07, 6.45) is 12.1. The normalized spacial score (nSPS) is 17.0. The number of carbonyl (C=O) groups is 1. The van der Waals surface area contributed by atoms with Crippen LogP contribution in [0.2, 0.25) is 0 Å². The van der Waals surface area contributed by atoms with Crippen molar-refractivity contribution in [2.24, 2.45) is 0 Å². The third kappa shape index (κ3) is 7.50. The van der Waals surface area contributed by atoms with Crippen LogP contribution in [0.15, 0.2) is 24.3 Å². The van der Waals surface area contributed by atoms with Crippen LogP contribution < -0.4 is 5.32 Å². The molecule has 1 N–H and O–H groups in total. The molecule has 2 nitrogen and oxygen atoms in total. The molecular formula is C20H32ClNO. The van der Waals surface area contributed by atoms with Crippen LogP contribution >= 0.6 is 12.4 Å². The van der Waals surface area contributed by atoms with Gasteiger partial charge in [0.2, 0.25) is 0 Å². The van der Waals surface area contributed by atoms with Crippen LogP contribution in [0, 0.1) is 0 Å². The monoisotopic (exact) mass is 337 g/mol. The van der Waals surface area contributed by atoms with Crippen molar-refractivity contribution in [2.75, 3.05) is 6.54 Å². The first-order valence-corrected chi connectivity index (χ1v) is 9.15. The fraction of sp³-hybridized carbons (Fsp3) is 0.650. The van der Waals surface area contributed by atoms with Crippen LogP contribution in [-0.2, 0) is 6.42 Å². The number of rotatable bonds is 10. The summed E-state index contributed by atoms with van der Waals surface area (Å²) in [6.45, 7) is 3.32. The van der Waals surface area contributed by atoms with E-state index in [0.29, 0.717) is 12.5 Å². The van der Waals surface area contributed by atoms with E-state index in [4.69, 9.17) is 0 Å². The number of halogens is 1. The van der Waals surface area contributed by atoms with Crippen molar-refractivity contribution in [3.8, 4) is 0 Å². The topological polar surface area (TPSA) is 29.1 Å². The molecule has 1 aromatic rings. The fourth-order valence-corrected chi connectivity index (χ4v) is 3.24. The lowest BCUT2D eigenvalue weighted by atomic mass is 9.99. The van der Waals surface area contributed by atoms with E-state index in [0.717, 1.165) is 24.9 Å². The van der Waals surface area contributed by atoms with Crippen LogP contribution in [0.5, 0.6) is 0 Å². The molecule has 3 heteroatoms. The first-order chi connectivity index (χ1) is 10.8. The molecule has 1 fully saturated rings. The van der Waals surface area contributed by atoms with Crippen molar-refractivity contribution < 1.29 is 4.79 Å². The Morgan fingerprint density at radius 1 is 1.09 bits per heavy atom. The minimum absolute atomic E-state index is 0. The van der Waals surface area contributed by atoms with Gasteiger partial charge >= 0.3 is 0 Å². The lowest BCUT2D eigenvalue weighted by Gasteiger charge is -2.09. The summed E-state index contributed by atoms with van der Waals surface area (Å²) in [5.41, 5.74) is 2.24. The van der Waals surface area contributed by atoms with Gasteiger partial charge in [0.1, 0.15) is 0 Å². The van der Waals surface area contributed by atoms with E-state index < -0.39 is 0 Å². The third-order valence-corrected chi connectivity index (χ3v) is 4.69. The molecule has 0 amide bonds. The van der Waals surface area contributed by atoms with E-state index in [2.05, 4.69) is 24.4 Å². The van der Waals surface area contributed by atoms with Crippen molar-refractivity contribution in [3.05, 3.63) is 35.4 Å². The molecule has 23 heavy (non-hydrogen) atoms. The van der Waals surface area contributed by atoms with E-state index in [1.165, 1.54) is 50.5 Å². The average molecular weight is 338 g/mol. The van der Waals surface area contributed by atoms with Crippen LogP contribution in [0.4, 0.5) is 0 Å². The molecule has 0 saturated carbocycles. The van der Waals surface area contributed by atoms with Gasteiger partial charge in [0.05, 0.1) is 0 Å². The summed E-state index contributed by atoms with van der Waals surface area (Å²) in [6, 6.07) is 8.71. The molecule has 0 radical (unpaired) electrons. The first kappa shape index (κ1) is 20.2. The maximum atomic E-state index is 12.2. The molecule has 1 aromatic carbocycles. The van der Waals surface area contributed by atoms with Crippen molar-refractivity contribution in [1.29, 1.82) is 0 Å². The van der Waals surface area contributed by atoms with Gasteiger partial charge in [-0.2, -0.15) is 0 Å². The maximum Gasteiger partial charge on any atom is 0.164 e. The summed E-state index contributed by atoms with van der Waals surface area (Å²) in [4.78, 5) is 12.2. The van der Waals surface area contributed by atoms with Gasteiger partial charge in [-0.3, -0.25) is 4.79 Å². The van der Waals surface area contributed by atoms with Gasteiger partial charge in [-0.25, -0.2) is 0 Å². The number of benzene rings is 1. The Bertz CT molecular complexity index is 437. The number of unbranched alkanes of at least 4 members (excludes halogenated alkanes) is 5. The summed E-state index contributed by atoms with van der Waals surface area (Å²) in [5, 5.41) is 3.40. The molecule has 1 heterocycles. The number of hydrogen-bond acceptors (Lipinski definition) is 2. The van der Waals surface area contributed by atoms with Gasteiger partial charge in [-0.05, 0) is 37.8 Å². The number of nitrogens with one attached hydrogen (secondary N) is 1. The Labute approximate surface area is 147 Å². The smallest absolute Gasteiger partial charge is 0.164 e. The molecular weight excluding hydrogens is 306 g/mol. The van der Waals surface area contributed by atoms with Crippen LogP contribution in [0.25, 0.3) is 0 Å². The molecule has 0 aliphatic carbocycles. The molecule has 0 bridgehead atoms. The van der Waals surface area contributed by atoms with Gasteiger partial charge < -0.3 is 5.32 Å². The predicted molar refractivity (Wildman–Crippen MR) is 101 cm³/mol. The molecule has 1 aliphatic heterocycles. The summed E-state index contributed by atoms with van der Waals surface area (Å²) in [5.74, 6) is 0.283. The highest BCUT2D eigenvalue weighted by molar-refractivity contribution is 5.96. The molecule has 1 aliphatic rings. The van der Waals surface area contributed by atoms with Crippen molar-refractivity contribution >= 4 is 18.2 Å². The van der Waals surface area contributed by atoms with Gasteiger partial charge in [0.15, 0.2) is 5.78 Å². The highest BCUT2D eigenvalue weighted by Crippen LogP contribution is 2.15. The first-order valence-electron chi connectivity index (χ1n) is 9.15. The molecule has 130 valence electrons. The van der Waals surface area contributed by atoms with E-state index in [1.54, 1.807) is 0 Å². The number of carbonyl (C=O) groups excluding carboxylic acids is 1. The van der Waals surface area contributed by atoms with Gasteiger partial charge in [0.25, 0.3) is 0 Å². The minimum atomic E-state index is 0. The maximum absolute atomic E-state index is 12.2. The Kier molecular flexibility index (Phi) is 10.2. The number of Topliss-reactive ketones (excluding diaryl/α,β-unsaturated/α-hetero) is 1. The Morgan fingerprint density at radius 2 is 1.78 bits per heavy atom. The minimum Gasteiger partial charge on any atom is -0.314 e. The molecule has 2 rings (SSSR count). The molecule has 0 aromatic heterocycles. The predicted octanol–water partition coefficient (Wildman–Crippen LogP) is 5.34. The van der Waals surface area contributed by atoms with Crippen molar-refractivity contribution in [1.82, 2.24) is 5.32 Å². The van der Waals surface area contributed by atoms with E-state index in [9.17, 15) is 4.79 Å². The zero-order valence-corrected chi connectivity index (χ0v) is 15.3. The second-order valence-corrected chi connectivity index (χ2v) is 6.64. The van der Waals surface area contributed by atoms with Crippen molar-refractivity contribution in [3.63, 3.8) is 0 Å². The highest BCUT2D eigenvalue weighted by atomic mass is 35.5. The lowest BCUT2D eigenvalue weighted by Crippen LogP contribution is -2.24. The standard InChI is InChI=1S/C20H31NO.ClH/c1-2-3-4-5-6-7-9-17-11-13-18(14-12-17)20(22)16-19-10-8-15-21-19;/h11-14,19,21H,2-10,15-16H2,1H3;1H. The van der Waals surface area contributed by atoms with E-state index >= 15 is 0 Å². The fourth-order valence-electron chi connectivity index (χ4n) is 3.24. The molecule has 1 saturated heterocycles. The Balaban J connectivity index is 0.00000264. The zero-order valence-electron chi connectivity index (χ0n) is 14.5. The molecule has 0 spiro atoms. The number of aryl methyl sites for hydroxylation is 1. The Morgan fingerprint density at radius 3 is 2.43 bits per heavy atom. The van der Waals surface area contributed by atoms with Crippen LogP contribution in [-0.4, -0.2) is 18.4 Å². The van der Waals surface area contributed by atoms with E-state index in [-0.39, 0.29) is 18.2 Å². The van der Waals surface area contributed by atoms with Crippen LogP contribution in [0.3, 0.4) is 0 Å². The SMILES string of the molecule is CCCCCCCCc1ccc(C(=O)CC2CCCN2)cc1.Cl. The number of hydrogen-bond donors (Lipinski definition) is 1. The zero-order chi connectivity index (χ0) is 15.6. The Hall–Kier alpha value is -0.860. The molecule has 1 unspecified atom stereocenters. The third-order valence-electron chi connectivity index (χ3n) is 4.69. The summed E-state index contributed by atoms with van der Waals surface area (Å²) >= 11 is 0. The van der Waals surface area contributed by atoms with Gasteiger partial charge in [0, 0.05) is 18.0 Å². The lowest BCUT2D eigenvalue weighted by molar-refractivity contribution is 0.0971. The number of ketones is 1.